The molecular weight excluding hydrogens is 569 g/mol. The Balaban J connectivity index is 1.13. The number of thioether (sulfide) groups is 1. The van der Waals surface area contributed by atoms with Crippen LogP contribution in [0.4, 0.5) is 13.2 Å². The zero-order valence-electron chi connectivity index (χ0n) is 22.2. The van der Waals surface area contributed by atoms with Crippen LogP contribution in [0.3, 0.4) is 0 Å². The third-order valence-corrected chi connectivity index (χ3v) is 7.72. The molecule has 0 bridgehead atoms. The normalized spacial score (nSPS) is 14.4. The van der Waals surface area contributed by atoms with Crippen molar-refractivity contribution in [1.29, 1.82) is 0 Å². The smallest absolute Gasteiger partial charge is 0.416 e. The van der Waals surface area contributed by atoms with Gasteiger partial charge < -0.3 is 13.7 Å². The third kappa shape index (κ3) is 6.11. The van der Waals surface area contributed by atoms with Crippen LogP contribution < -0.4 is 0 Å². The SMILES string of the molecule is O=C(c1coc(CSc2nnc(-c3ccco3)n2-c2cccc(C(F)(F)F)c2)n1)N1CCN(Cc2ccccc2)CC1. The zero-order chi connectivity index (χ0) is 29.1. The maximum atomic E-state index is 13.4. The number of hydrogen-bond donors (Lipinski definition) is 0. The molecule has 0 spiro atoms. The molecule has 1 fully saturated rings. The number of carbonyl (C=O) groups is 1. The minimum absolute atomic E-state index is 0.174. The Morgan fingerprint density at radius 1 is 0.929 bits per heavy atom. The second-order valence-electron chi connectivity index (χ2n) is 9.64. The molecule has 9 nitrogen and oxygen atoms in total. The standard InChI is InChI=1S/C29H25F3N6O3S/c30-29(31,32)21-8-4-9-22(16-21)38-26(24-10-5-15-40-24)34-35-28(38)42-19-25-33-23(18-41-25)27(39)37-13-11-36(12-14-37)17-20-6-2-1-3-7-20/h1-10,15-16,18H,11-14,17,19H2. The van der Waals surface area contributed by atoms with Crippen LogP contribution in [0.5, 0.6) is 0 Å². The van der Waals surface area contributed by atoms with Crippen molar-refractivity contribution in [2.24, 2.45) is 0 Å². The highest BCUT2D eigenvalue weighted by Gasteiger charge is 2.31. The zero-order valence-corrected chi connectivity index (χ0v) is 23.0. The fraction of sp³-hybridized carbons (Fsp3) is 0.241. The van der Waals surface area contributed by atoms with Gasteiger partial charge in [-0.15, -0.1) is 10.2 Å². The average molecular weight is 595 g/mol. The molecule has 0 radical (unpaired) electrons. The number of oxazole rings is 1. The Morgan fingerprint density at radius 2 is 1.74 bits per heavy atom. The largest absolute Gasteiger partial charge is 0.461 e. The third-order valence-electron chi connectivity index (χ3n) is 6.81. The number of halogens is 3. The molecule has 1 aliphatic heterocycles. The van der Waals surface area contributed by atoms with Crippen LogP contribution in [-0.2, 0) is 18.5 Å². The molecule has 0 unspecified atom stereocenters. The van der Waals surface area contributed by atoms with Crippen molar-refractivity contribution in [3.05, 3.63) is 102 Å². The first-order chi connectivity index (χ1) is 20.3. The van der Waals surface area contributed by atoms with E-state index in [1.165, 1.54) is 46.6 Å². The van der Waals surface area contributed by atoms with Crippen LogP contribution in [0.15, 0.2) is 93.2 Å². The summed E-state index contributed by atoms with van der Waals surface area (Å²) in [7, 11) is 0. The van der Waals surface area contributed by atoms with Crippen molar-refractivity contribution in [3.8, 4) is 17.3 Å². The molecule has 216 valence electrons. The molecule has 0 saturated carbocycles. The van der Waals surface area contributed by atoms with Crippen molar-refractivity contribution in [1.82, 2.24) is 29.5 Å². The van der Waals surface area contributed by atoms with E-state index < -0.39 is 11.7 Å². The van der Waals surface area contributed by atoms with Crippen LogP contribution in [0.2, 0.25) is 0 Å². The lowest BCUT2D eigenvalue weighted by Gasteiger charge is -2.34. The Bertz CT molecular complexity index is 1640. The van der Waals surface area contributed by atoms with Crippen molar-refractivity contribution in [2.75, 3.05) is 26.2 Å². The second kappa shape index (κ2) is 11.9. The fourth-order valence-electron chi connectivity index (χ4n) is 4.70. The van der Waals surface area contributed by atoms with Crippen LogP contribution in [0, 0.1) is 0 Å². The molecule has 0 aliphatic carbocycles. The molecule has 5 aromatic rings. The van der Waals surface area contributed by atoms with Gasteiger partial charge in [0.15, 0.2) is 16.6 Å². The Labute approximate surface area is 243 Å². The van der Waals surface area contributed by atoms with Gasteiger partial charge in [-0.1, -0.05) is 48.2 Å². The predicted octanol–water partition coefficient (Wildman–Crippen LogP) is 5.78. The molecule has 4 heterocycles. The van der Waals surface area contributed by atoms with Crippen LogP contribution >= 0.6 is 11.8 Å². The summed E-state index contributed by atoms with van der Waals surface area (Å²) in [5, 5.41) is 8.67. The van der Waals surface area contributed by atoms with Gasteiger partial charge in [-0.3, -0.25) is 14.3 Å². The van der Waals surface area contributed by atoms with E-state index >= 15 is 0 Å². The average Bonchev–Trinajstić information content (AvgIpc) is 3.77. The van der Waals surface area contributed by atoms with Crippen molar-refractivity contribution in [2.45, 2.75) is 23.6 Å². The molecule has 1 aliphatic rings. The van der Waals surface area contributed by atoms with Crippen LogP contribution in [-0.4, -0.2) is 61.6 Å². The number of benzene rings is 2. The number of piperazine rings is 1. The van der Waals surface area contributed by atoms with E-state index in [1.54, 1.807) is 17.0 Å². The summed E-state index contributed by atoms with van der Waals surface area (Å²) in [6.07, 6.45) is -1.74. The van der Waals surface area contributed by atoms with E-state index in [4.69, 9.17) is 8.83 Å². The van der Waals surface area contributed by atoms with Gasteiger partial charge in [-0.2, -0.15) is 13.2 Å². The summed E-state index contributed by atoms with van der Waals surface area (Å²) in [5.74, 6) is 0.842. The van der Waals surface area contributed by atoms with Gasteiger partial charge in [-0.05, 0) is 35.9 Å². The highest BCUT2D eigenvalue weighted by molar-refractivity contribution is 7.98. The summed E-state index contributed by atoms with van der Waals surface area (Å²) < 4.78 is 52.8. The quantitative estimate of drug-likeness (QED) is 0.209. The number of hydrogen-bond acceptors (Lipinski definition) is 8. The van der Waals surface area contributed by atoms with Crippen molar-refractivity contribution in [3.63, 3.8) is 0 Å². The van der Waals surface area contributed by atoms with E-state index in [0.29, 0.717) is 24.0 Å². The number of carbonyl (C=O) groups excluding carboxylic acids is 1. The van der Waals surface area contributed by atoms with E-state index in [-0.39, 0.29) is 34.8 Å². The van der Waals surface area contributed by atoms with E-state index in [1.807, 2.05) is 18.2 Å². The minimum atomic E-state index is -4.52. The number of nitrogens with zero attached hydrogens (tertiary/aromatic N) is 6. The number of aromatic nitrogens is 4. The summed E-state index contributed by atoms with van der Waals surface area (Å²) in [5.41, 5.74) is 0.860. The molecular formula is C29H25F3N6O3S. The number of alkyl halides is 3. The maximum Gasteiger partial charge on any atom is 0.416 e. The monoisotopic (exact) mass is 594 g/mol. The summed E-state index contributed by atoms with van der Waals surface area (Å²) in [4.78, 5) is 21.5. The molecule has 1 amide bonds. The molecule has 1 saturated heterocycles. The summed E-state index contributed by atoms with van der Waals surface area (Å²) >= 11 is 1.17. The lowest BCUT2D eigenvalue weighted by atomic mass is 10.2. The first kappa shape index (κ1) is 27.8. The van der Waals surface area contributed by atoms with E-state index in [0.717, 1.165) is 31.8 Å². The molecule has 13 heteroatoms. The van der Waals surface area contributed by atoms with Gasteiger partial charge in [0, 0.05) is 32.7 Å². The number of rotatable bonds is 8. The summed E-state index contributed by atoms with van der Waals surface area (Å²) in [6, 6.07) is 18.4. The van der Waals surface area contributed by atoms with E-state index in [2.05, 4.69) is 32.2 Å². The fourth-order valence-corrected chi connectivity index (χ4v) is 5.50. The molecule has 6 rings (SSSR count). The Kier molecular flexibility index (Phi) is 7.85. The highest BCUT2D eigenvalue weighted by Crippen LogP contribution is 2.34. The highest BCUT2D eigenvalue weighted by atomic mass is 32.2. The predicted molar refractivity (Wildman–Crippen MR) is 148 cm³/mol. The van der Waals surface area contributed by atoms with E-state index in [9.17, 15) is 18.0 Å². The molecule has 2 aromatic carbocycles. The van der Waals surface area contributed by atoms with Gasteiger partial charge in [0.05, 0.1) is 23.3 Å². The minimum Gasteiger partial charge on any atom is -0.461 e. The maximum absolute atomic E-state index is 13.4. The Morgan fingerprint density at radius 3 is 2.48 bits per heavy atom. The lowest BCUT2D eigenvalue weighted by molar-refractivity contribution is -0.137. The van der Waals surface area contributed by atoms with Gasteiger partial charge in [-0.25, -0.2) is 4.98 Å². The first-order valence-electron chi connectivity index (χ1n) is 13.1. The summed E-state index contributed by atoms with van der Waals surface area (Å²) in [6.45, 7) is 3.51. The first-order valence-corrected chi connectivity index (χ1v) is 14.1. The van der Waals surface area contributed by atoms with Gasteiger partial charge in [0.25, 0.3) is 5.91 Å². The van der Waals surface area contributed by atoms with Crippen LogP contribution in [0.1, 0.15) is 27.5 Å². The number of furan rings is 1. The molecule has 3 aromatic heterocycles. The molecule has 42 heavy (non-hydrogen) atoms. The molecule has 0 N–H and O–H groups in total. The van der Waals surface area contributed by atoms with Crippen molar-refractivity contribution < 1.29 is 26.8 Å². The number of amides is 1. The topological polar surface area (TPSA) is 93.4 Å². The second-order valence-corrected chi connectivity index (χ2v) is 10.6. The van der Waals surface area contributed by atoms with Crippen LogP contribution in [0.25, 0.3) is 17.3 Å². The van der Waals surface area contributed by atoms with Gasteiger partial charge in [0.2, 0.25) is 11.7 Å². The lowest BCUT2D eigenvalue weighted by Crippen LogP contribution is -2.48. The Hall–Kier alpha value is -4.36. The van der Waals surface area contributed by atoms with Gasteiger partial charge >= 0.3 is 6.18 Å². The van der Waals surface area contributed by atoms with Gasteiger partial charge in [0.1, 0.15) is 6.26 Å². The van der Waals surface area contributed by atoms with Crippen molar-refractivity contribution >= 4 is 17.7 Å². The molecule has 0 atom stereocenters.